The molecule has 6 nitrogen and oxygen atoms in total. The average Bonchev–Trinajstić information content (AvgIpc) is 2.79. The lowest BCUT2D eigenvalue weighted by molar-refractivity contribution is -0.160. The van der Waals surface area contributed by atoms with Crippen molar-refractivity contribution in [2.45, 2.75) is 32.4 Å². The predicted octanol–water partition coefficient (Wildman–Crippen LogP) is 2.57. The Morgan fingerprint density at radius 1 is 1.45 bits per heavy atom. The Morgan fingerprint density at radius 3 is 2.86 bits per heavy atom. The number of nitrogens with two attached hydrogens (primary N) is 1. The summed E-state index contributed by atoms with van der Waals surface area (Å²) in [4.78, 5) is 19.0. The summed E-state index contributed by atoms with van der Waals surface area (Å²) in [5.74, 6) is 0.164. The normalized spacial score (nSPS) is 13.3. The van der Waals surface area contributed by atoms with Gasteiger partial charge in [0.2, 0.25) is 0 Å². The van der Waals surface area contributed by atoms with Crippen molar-refractivity contribution in [2.75, 3.05) is 13.2 Å². The molecule has 0 radical (unpaired) electrons. The fourth-order valence-corrected chi connectivity index (χ4v) is 2.06. The standard InChI is InChI=1S/C15H20ClN3O3/c1-15(2,3)22-13(20)8-21-7-10(17)14-18-11-5-4-9(16)6-12(11)19-14/h4-6,10H,7-8,17H2,1-3H3,(H,18,19)/t10-/m0/s1. The molecule has 0 aliphatic rings. The molecule has 1 atom stereocenters. The van der Waals surface area contributed by atoms with Crippen molar-refractivity contribution < 1.29 is 14.3 Å². The number of nitrogens with zero attached hydrogens (tertiary/aromatic N) is 1. The number of aromatic amines is 1. The smallest absolute Gasteiger partial charge is 0.332 e. The first-order chi connectivity index (χ1) is 10.2. The number of carbonyl (C=O) groups excluding carboxylic acids is 1. The molecule has 0 fully saturated rings. The molecular formula is C15H20ClN3O3. The Labute approximate surface area is 133 Å². The molecule has 0 bridgehead atoms. The van der Waals surface area contributed by atoms with E-state index in [0.717, 1.165) is 11.0 Å². The summed E-state index contributed by atoms with van der Waals surface area (Å²) >= 11 is 5.92. The Bertz CT molecular complexity index is 664. The van der Waals surface area contributed by atoms with Crippen LogP contribution in [0.3, 0.4) is 0 Å². The minimum absolute atomic E-state index is 0.142. The monoisotopic (exact) mass is 325 g/mol. The first-order valence-electron chi connectivity index (χ1n) is 6.95. The van der Waals surface area contributed by atoms with Gasteiger partial charge < -0.3 is 20.2 Å². The van der Waals surface area contributed by atoms with Crippen LogP contribution in [0, 0.1) is 0 Å². The zero-order valence-corrected chi connectivity index (χ0v) is 13.6. The Hall–Kier alpha value is -1.63. The maximum absolute atomic E-state index is 11.5. The molecule has 1 aromatic carbocycles. The summed E-state index contributed by atoms with van der Waals surface area (Å²) in [7, 11) is 0. The Kier molecular flexibility index (Phi) is 5.05. The van der Waals surface area contributed by atoms with E-state index in [2.05, 4.69) is 9.97 Å². The molecule has 2 aromatic rings. The Balaban J connectivity index is 1.88. The van der Waals surface area contributed by atoms with Crippen molar-refractivity contribution in [1.29, 1.82) is 0 Å². The largest absolute Gasteiger partial charge is 0.458 e. The van der Waals surface area contributed by atoms with E-state index < -0.39 is 17.6 Å². The SMILES string of the molecule is CC(C)(C)OC(=O)COC[C@H](N)c1nc2cc(Cl)ccc2[nH]1. The minimum atomic E-state index is -0.527. The van der Waals surface area contributed by atoms with Gasteiger partial charge in [-0.1, -0.05) is 11.6 Å². The van der Waals surface area contributed by atoms with Crippen LogP contribution in [0.4, 0.5) is 0 Å². The van der Waals surface area contributed by atoms with E-state index in [1.807, 2.05) is 6.07 Å². The van der Waals surface area contributed by atoms with Gasteiger partial charge in [-0.15, -0.1) is 0 Å². The molecule has 3 N–H and O–H groups in total. The van der Waals surface area contributed by atoms with Crippen LogP contribution in [0.15, 0.2) is 18.2 Å². The van der Waals surface area contributed by atoms with Crippen molar-refractivity contribution >= 4 is 28.6 Å². The number of halogens is 1. The quantitative estimate of drug-likeness (QED) is 0.824. The highest BCUT2D eigenvalue weighted by molar-refractivity contribution is 6.31. The number of ether oxygens (including phenoxy) is 2. The minimum Gasteiger partial charge on any atom is -0.458 e. The van der Waals surface area contributed by atoms with Crippen LogP contribution in [0.5, 0.6) is 0 Å². The maximum atomic E-state index is 11.5. The molecular weight excluding hydrogens is 306 g/mol. The molecule has 0 unspecified atom stereocenters. The van der Waals surface area contributed by atoms with Crippen molar-refractivity contribution in [3.05, 3.63) is 29.0 Å². The fraction of sp³-hybridized carbons (Fsp3) is 0.467. The summed E-state index contributed by atoms with van der Waals surface area (Å²) in [5, 5.41) is 0.611. The lowest BCUT2D eigenvalue weighted by Crippen LogP contribution is -2.28. The van der Waals surface area contributed by atoms with Crippen molar-refractivity contribution in [2.24, 2.45) is 5.73 Å². The third-order valence-electron chi connectivity index (χ3n) is 2.75. The molecule has 120 valence electrons. The highest BCUT2D eigenvalue weighted by Crippen LogP contribution is 2.19. The molecule has 1 heterocycles. The molecule has 7 heteroatoms. The number of esters is 1. The summed E-state index contributed by atoms with van der Waals surface area (Å²) in [5.41, 5.74) is 7.07. The number of hydrogen-bond acceptors (Lipinski definition) is 5. The van der Waals surface area contributed by atoms with E-state index in [9.17, 15) is 4.79 Å². The van der Waals surface area contributed by atoms with Crippen LogP contribution in [-0.2, 0) is 14.3 Å². The first kappa shape index (κ1) is 16.7. The van der Waals surface area contributed by atoms with E-state index >= 15 is 0 Å². The van der Waals surface area contributed by atoms with Crippen LogP contribution < -0.4 is 5.73 Å². The van der Waals surface area contributed by atoms with Crippen molar-refractivity contribution in [3.63, 3.8) is 0 Å². The van der Waals surface area contributed by atoms with Crippen molar-refractivity contribution in [3.8, 4) is 0 Å². The van der Waals surface area contributed by atoms with Gasteiger partial charge in [-0.05, 0) is 39.0 Å². The number of fused-ring (bicyclic) bond motifs is 1. The number of imidazole rings is 1. The molecule has 0 aliphatic carbocycles. The lowest BCUT2D eigenvalue weighted by atomic mass is 10.2. The summed E-state index contributed by atoms with van der Waals surface area (Å²) < 4.78 is 10.4. The molecule has 0 saturated carbocycles. The lowest BCUT2D eigenvalue weighted by Gasteiger charge is -2.19. The molecule has 1 aromatic heterocycles. The number of benzene rings is 1. The van der Waals surface area contributed by atoms with Crippen LogP contribution >= 0.6 is 11.6 Å². The van der Waals surface area contributed by atoms with Gasteiger partial charge >= 0.3 is 5.97 Å². The predicted molar refractivity (Wildman–Crippen MR) is 84.7 cm³/mol. The zero-order chi connectivity index (χ0) is 16.3. The molecule has 0 aliphatic heterocycles. The van der Waals surface area contributed by atoms with E-state index in [1.54, 1.807) is 32.9 Å². The fourth-order valence-electron chi connectivity index (χ4n) is 1.89. The third-order valence-corrected chi connectivity index (χ3v) is 2.99. The van der Waals surface area contributed by atoms with Gasteiger partial charge in [0.25, 0.3) is 0 Å². The first-order valence-corrected chi connectivity index (χ1v) is 7.33. The maximum Gasteiger partial charge on any atom is 0.332 e. The van der Waals surface area contributed by atoms with Crippen LogP contribution in [0.2, 0.25) is 5.02 Å². The number of aromatic nitrogens is 2. The molecule has 0 saturated heterocycles. The summed E-state index contributed by atoms with van der Waals surface area (Å²) in [6.07, 6.45) is 0. The van der Waals surface area contributed by atoms with Crippen LogP contribution in [0.25, 0.3) is 11.0 Å². The topological polar surface area (TPSA) is 90.2 Å². The second kappa shape index (κ2) is 6.64. The molecule has 0 amide bonds. The number of carbonyl (C=O) groups is 1. The third kappa shape index (κ3) is 4.69. The van der Waals surface area contributed by atoms with E-state index in [-0.39, 0.29) is 13.2 Å². The van der Waals surface area contributed by atoms with Gasteiger partial charge in [0.05, 0.1) is 23.7 Å². The number of rotatable bonds is 5. The van der Waals surface area contributed by atoms with Crippen molar-refractivity contribution in [1.82, 2.24) is 9.97 Å². The second-order valence-electron chi connectivity index (χ2n) is 5.99. The zero-order valence-electron chi connectivity index (χ0n) is 12.9. The van der Waals surface area contributed by atoms with Gasteiger partial charge in [-0.25, -0.2) is 9.78 Å². The van der Waals surface area contributed by atoms with Gasteiger partial charge in [-0.3, -0.25) is 0 Å². The average molecular weight is 326 g/mol. The summed E-state index contributed by atoms with van der Waals surface area (Å²) in [6.45, 7) is 5.42. The second-order valence-corrected chi connectivity index (χ2v) is 6.43. The number of nitrogens with one attached hydrogen (secondary N) is 1. The van der Waals surface area contributed by atoms with Gasteiger partial charge in [0.1, 0.15) is 18.0 Å². The van der Waals surface area contributed by atoms with Gasteiger partial charge in [0.15, 0.2) is 0 Å². The molecule has 2 rings (SSSR count). The number of hydrogen-bond donors (Lipinski definition) is 2. The molecule has 22 heavy (non-hydrogen) atoms. The Morgan fingerprint density at radius 2 is 2.18 bits per heavy atom. The van der Waals surface area contributed by atoms with Crippen LogP contribution in [-0.4, -0.2) is 34.8 Å². The van der Waals surface area contributed by atoms with E-state index in [4.69, 9.17) is 26.8 Å². The van der Waals surface area contributed by atoms with E-state index in [1.165, 1.54) is 0 Å². The van der Waals surface area contributed by atoms with Gasteiger partial charge in [0, 0.05) is 5.02 Å². The van der Waals surface area contributed by atoms with E-state index in [0.29, 0.717) is 10.8 Å². The molecule has 0 spiro atoms. The summed E-state index contributed by atoms with van der Waals surface area (Å²) in [6, 6.07) is 4.90. The van der Waals surface area contributed by atoms with Gasteiger partial charge in [-0.2, -0.15) is 0 Å². The highest BCUT2D eigenvalue weighted by atomic mass is 35.5. The highest BCUT2D eigenvalue weighted by Gasteiger charge is 2.17. The van der Waals surface area contributed by atoms with Crippen LogP contribution in [0.1, 0.15) is 32.6 Å². The number of H-pyrrole nitrogens is 1.